The van der Waals surface area contributed by atoms with Gasteiger partial charge >= 0.3 is 0 Å². The van der Waals surface area contributed by atoms with E-state index >= 15 is 0 Å². The van der Waals surface area contributed by atoms with Crippen LogP contribution in [-0.4, -0.2) is 34.2 Å². The minimum Gasteiger partial charge on any atom is -0.497 e. The molecular weight excluding hydrogens is 400 g/mol. The molecule has 1 N–H and O–H groups in total. The molecule has 2 aromatic carbocycles. The maximum absolute atomic E-state index is 12.5. The Morgan fingerprint density at radius 2 is 1.80 bits per heavy atom. The molecule has 0 spiro atoms. The van der Waals surface area contributed by atoms with E-state index < -0.39 is 10.0 Å². The molecule has 0 aromatic heterocycles. The molecular formula is C23H32N2O4S. The SMILES string of the molecule is CC[C@@H](NC(=O)CCCN(c1cccc(C)c1C)S(C)(=O)=O)c1ccc(OC)cc1. The van der Waals surface area contributed by atoms with E-state index in [1.54, 1.807) is 13.2 Å². The first-order valence-electron chi connectivity index (χ1n) is 10.1. The first kappa shape index (κ1) is 23.7. The number of ether oxygens (including phenoxy) is 1. The minimum absolute atomic E-state index is 0.0894. The summed E-state index contributed by atoms with van der Waals surface area (Å²) < 4.78 is 31.3. The average molecular weight is 433 g/mol. The third kappa shape index (κ3) is 6.23. The second-order valence-electron chi connectivity index (χ2n) is 7.46. The summed E-state index contributed by atoms with van der Waals surface area (Å²) >= 11 is 0. The molecule has 2 aromatic rings. The highest BCUT2D eigenvalue weighted by Crippen LogP contribution is 2.25. The second-order valence-corrected chi connectivity index (χ2v) is 9.37. The molecule has 0 fully saturated rings. The van der Waals surface area contributed by atoms with Gasteiger partial charge in [-0.05, 0) is 61.6 Å². The Bertz CT molecular complexity index is 956. The van der Waals surface area contributed by atoms with Crippen LogP contribution in [0.15, 0.2) is 42.5 Å². The zero-order chi connectivity index (χ0) is 22.3. The van der Waals surface area contributed by atoms with Crippen LogP contribution in [0.4, 0.5) is 5.69 Å². The summed E-state index contributed by atoms with van der Waals surface area (Å²) in [5, 5.41) is 3.05. The van der Waals surface area contributed by atoms with Crippen molar-refractivity contribution in [2.45, 2.75) is 46.1 Å². The summed E-state index contributed by atoms with van der Waals surface area (Å²) in [6, 6.07) is 13.2. The number of anilines is 1. The molecule has 164 valence electrons. The number of hydrogen-bond donors (Lipinski definition) is 1. The fourth-order valence-corrected chi connectivity index (χ4v) is 4.39. The van der Waals surface area contributed by atoms with Crippen LogP contribution in [0.1, 0.15) is 48.9 Å². The molecule has 0 saturated carbocycles. The van der Waals surface area contributed by atoms with Crippen LogP contribution in [0.25, 0.3) is 0 Å². The fourth-order valence-electron chi connectivity index (χ4n) is 3.38. The summed E-state index contributed by atoms with van der Waals surface area (Å²) in [6.07, 6.45) is 2.65. The molecule has 0 aliphatic carbocycles. The largest absolute Gasteiger partial charge is 0.497 e. The molecule has 0 aliphatic heterocycles. The number of nitrogens with zero attached hydrogens (tertiary/aromatic N) is 1. The summed E-state index contributed by atoms with van der Waals surface area (Å²) in [5.74, 6) is 0.680. The molecule has 0 bridgehead atoms. The van der Waals surface area contributed by atoms with Gasteiger partial charge in [0.2, 0.25) is 15.9 Å². The van der Waals surface area contributed by atoms with Crippen molar-refractivity contribution in [2.24, 2.45) is 0 Å². The number of benzene rings is 2. The average Bonchev–Trinajstić information content (AvgIpc) is 2.71. The van der Waals surface area contributed by atoms with Crippen LogP contribution >= 0.6 is 0 Å². The molecule has 6 nitrogen and oxygen atoms in total. The van der Waals surface area contributed by atoms with Crippen molar-refractivity contribution in [3.05, 3.63) is 59.2 Å². The van der Waals surface area contributed by atoms with Crippen molar-refractivity contribution in [3.63, 3.8) is 0 Å². The molecule has 30 heavy (non-hydrogen) atoms. The highest BCUT2D eigenvalue weighted by molar-refractivity contribution is 7.92. The van der Waals surface area contributed by atoms with Gasteiger partial charge in [0.15, 0.2) is 0 Å². The van der Waals surface area contributed by atoms with Gasteiger partial charge in [0.05, 0.1) is 25.1 Å². The third-order valence-corrected chi connectivity index (χ3v) is 6.45. The van der Waals surface area contributed by atoms with Crippen LogP contribution in [0.5, 0.6) is 5.75 Å². The van der Waals surface area contributed by atoms with Crippen LogP contribution in [0.2, 0.25) is 0 Å². The lowest BCUT2D eigenvalue weighted by atomic mass is 10.0. The zero-order valence-corrected chi connectivity index (χ0v) is 19.3. The summed E-state index contributed by atoms with van der Waals surface area (Å²) in [4.78, 5) is 12.5. The van der Waals surface area contributed by atoms with E-state index in [-0.39, 0.29) is 24.9 Å². The molecule has 1 atom stereocenters. The van der Waals surface area contributed by atoms with Gasteiger partial charge in [-0.3, -0.25) is 9.10 Å². The molecule has 0 radical (unpaired) electrons. The highest BCUT2D eigenvalue weighted by atomic mass is 32.2. The van der Waals surface area contributed by atoms with Gasteiger partial charge in [-0.15, -0.1) is 0 Å². The van der Waals surface area contributed by atoms with Crippen molar-refractivity contribution >= 4 is 21.6 Å². The van der Waals surface area contributed by atoms with E-state index in [4.69, 9.17) is 4.74 Å². The molecule has 0 aliphatic rings. The fraction of sp³-hybridized carbons (Fsp3) is 0.435. The van der Waals surface area contributed by atoms with Crippen molar-refractivity contribution < 1.29 is 17.9 Å². The first-order chi connectivity index (χ1) is 14.2. The van der Waals surface area contributed by atoms with E-state index in [2.05, 4.69) is 5.32 Å². The summed E-state index contributed by atoms with van der Waals surface area (Å²) in [7, 11) is -1.83. The maximum Gasteiger partial charge on any atom is 0.232 e. The Labute approximate surface area is 180 Å². The molecule has 0 saturated heterocycles. The Morgan fingerprint density at radius 1 is 1.13 bits per heavy atom. The molecule has 7 heteroatoms. The predicted octanol–water partition coefficient (Wildman–Crippen LogP) is 4.13. The van der Waals surface area contributed by atoms with Crippen LogP contribution in [-0.2, 0) is 14.8 Å². The number of sulfonamides is 1. The Hall–Kier alpha value is -2.54. The second kappa shape index (κ2) is 10.5. The van der Waals surface area contributed by atoms with Crippen LogP contribution in [0, 0.1) is 13.8 Å². The van der Waals surface area contributed by atoms with Crippen LogP contribution in [0.3, 0.4) is 0 Å². The van der Waals surface area contributed by atoms with Crippen molar-refractivity contribution in [2.75, 3.05) is 24.2 Å². The van der Waals surface area contributed by atoms with Gasteiger partial charge in [0, 0.05) is 13.0 Å². The normalized spacial score (nSPS) is 12.3. The zero-order valence-electron chi connectivity index (χ0n) is 18.4. The number of rotatable bonds is 10. The maximum atomic E-state index is 12.5. The minimum atomic E-state index is -3.44. The number of methoxy groups -OCH3 is 1. The van der Waals surface area contributed by atoms with Gasteiger partial charge in [0.25, 0.3) is 0 Å². The summed E-state index contributed by atoms with van der Waals surface area (Å²) in [6.45, 7) is 6.14. The predicted molar refractivity (Wildman–Crippen MR) is 122 cm³/mol. The van der Waals surface area contributed by atoms with Crippen LogP contribution < -0.4 is 14.4 Å². The van der Waals surface area contributed by atoms with Gasteiger partial charge in [-0.2, -0.15) is 0 Å². The lowest BCUT2D eigenvalue weighted by molar-refractivity contribution is -0.121. The van der Waals surface area contributed by atoms with E-state index in [0.29, 0.717) is 12.1 Å². The number of hydrogen-bond acceptors (Lipinski definition) is 4. The van der Waals surface area contributed by atoms with Gasteiger partial charge < -0.3 is 10.1 Å². The van der Waals surface area contributed by atoms with Gasteiger partial charge in [-0.1, -0.05) is 31.2 Å². The lowest BCUT2D eigenvalue weighted by Crippen LogP contribution is -2.33. The molecule has 0 unspecified atom stereocenters. The Kier molecular flexibility index (Phi) is 8.29. The number of carbonyl (C=O) groups excluding carboxylic acids is 1. The summed E-state index contributed by atoms with van der Waals surface area (Å²) in [5.41, 5.74) is 3.64. The van der Waals surface area contributed by atoms with Gasteiger partial charge in [-0.25, -0.2) is 8.42 Å². The molecule has 1 amide bonds. The smallest absolute Gasteiger partial charge is 0.232 e. The number of carbonyl (C=O) groups is 1. The van der Waals surface area contributed by atoms with Crippen molar-refractivity contribution in [1.29, 1.82) is 0 Å². The number of amides is 1. The van der Waals surface area contributed by atoms with E-state index in [0.717, 1.165) is 28.9 Å². The van der Waals surface area contributed by atoms with Crippen molar-refractivity contribution in [3.8, 4) is 5.75 Å². The quantitative estimate of drug-likeness (QED) is 0.613. The standard InChI is InChI=1S/C23H32N2O4S/c1-6-21(19-12-14-20(29-4)15-13-19)24-23(26)11-8-16-25(30(5,27)28)22-10-7-9-17(2)18(22)3/h7,9-10,12-15,21H,6,8,11,16H2,1-5H3,(H,24,26)/t21-/m1/s1. The topological polar surface area (TPSA) is 75.7 Å². The Balaban J connectivity index is 2.00. The Morgan fingerprint density at radius 3 is 2.37 bits per heavy atom. The number of nitrogens with one attached hydrogen (secondary N) is 1. The van der Waals surface area contributed by atoms with Crippen molar-refractivity contribution in [1.82, 2.24) is 5.32 Å². The molecule has 0 heterocycles. The monoisotopic (exact) mass is 432 g/mol. The van der Waals surface area contributed by atoms with Gasteiger partial charge in [0.1, 0.15) is 5.75 Å². The van der Waals surface area contributed by atoms with E-state index in [1.807, 2.05) is 57.2 Å². The first-order valence-corrected chi connectivity index (χ1v) is 12.0. The van der Waals surface area contributed by atoms with E-state index in [1.165, 1.54) is 10.6 Å². The number of aryl methyl sites for hydroxylation is 1. The molecule has 2 rings (SSSR count). The third-order valence-electron chi connectivity index (χ3n) is 5.27. The van der Waals surface area contributed by atoms with E-state index in [9.17, 15) is 13.2 Å². The highest BCUT2D eigenvalue weighted by Gasteiger charge is 2.20. The lowest BCUT2D eigenvalue weighted by Gasteiger charge is -2.25.